The SMILES string of the molecule is Cc1cc(N2CCN(CCN3CC(S(=O)(=O)C(F)(F)F)C3)CC2)nn1-c1ccc(C(F)(F)F)cc1. The van der Waals surface area contributed by atoms with Gasteiger partial charge in [-0.25, -0.2) is 13.1 Å². The fraction of sp³-hybridized carbons (Fsp3) is 0.571. The summed E-state index contributed by atoms with van der Waals surface area (Å²) in [7, 11) is -5.11. The van der Waals surface area contributed by atoms with Gasteiger partial charge in [-0.15, -0.1) is 0 Å². The molecule has 0 saturated carbocycles. The second kappa shape index (κ2) is 9.28. The van der Waals surface area contributed by atoms with Gasteiger partial charge in [-0.1, -0.05) is 0 Å². The van der Waals surface area contributed by atoms with Crippen molar-refractivity contribution in [3.8, 4) is 5.69 Å². The summed E-state index contributed by atoms with van der Waals surface area (Å²) in [6, 6.07) is 6.67. The first-order chi connectivity index (χ1) is 16.3. The summed E-state index contributed by atoms with van der Waals surface area (Å²) in [6.45, 7) is 5.43. The Kier molecular flexibility index (Phi) is 6.83. The van der Waals surface area contributed by atoms with E-state index in [0.717, 1.165) is 17.8 Å². The number of aryl methyl sites for hydroxylation is 1. The van der Waals surface area contributed by atoms with Crippen molar-refractivity contribution < 1.29 is 34.8 Å². The molecule has 0 bridgehead atoms. The van der Waals surface area contributed by atoms with E-state index < -0.39 is 32.3 Å². The highest BCUT2D eigenvalue weighted by molar-refractivity contribution is 7.93. The molecule has 194 valence electrons. The van der Waals surface area contributed by atoms with E-state index in [2.05, 4.69) is 14.9 Å². The predicted octanol–water partition coefficient (Wildman–Crippen LogP) is 2.94. The molecule has 2 aliphatic heterocycles. The zero-order chi connectivity index (χ0) is 25.6. The summed E-state index contributed by atoms with van der Waals surface area (Å²) in [4.78, 5) is 5.93. The molecule has 0 radical (unpaired) electrons. The maximum Gasteiger partial charge on any atom is 0.497 e. The van der Waals surface area contributed by atoms with Gasteiger partial charge in [0.25, 0.3) is 9.84 Å². The Morgan fingerprint density at radius 3 is 2.03 bits per heavy atom. The Morgan fingerprint density at radius 2 is 1.49 bits per heavy atom. The average molecular weight is 526 g/mol. The minimum atomic E-state index is -5.21. The van der Waals surface area contributed by atoms with Crippen LogP contribution in [0.15, 0.2) is 30.3 Å². The van der Waals surface area contributed by atoms with Crippen LogP contribution in [0.2, 0.25) is 0 Å². The first-order valence-corrected chi connectivity index (χ1v) is 12.5. The number of hydrogen-bond donors (Lipinski definition) is 0. The second-order valence-electron chi connectivity index (χ2n) is 8.80. The Balaban J connectivity index is 1.26. The molecule has 35 heavy (non-hydrogen) atoms. The van der Waals surface area contributed by atoms with Gasteiger partial charge in [-0.05, 0) is 31.2 Å². The zero-order valence-corrected chi connectivity index (χ0v) is 19.7. The van der Waals surface area contributed by atoms with E-state index in [0.29, 0.717) is 50.8 Å². The van der Waals surface area contributed by atoms with Gasteiger partial charge in [-0.2, -0.15) is 31.4 Å². The van der Waals surface area contributed by atoms with Crippen LogP contribution in [-0.4, -0.2) is 91.1 Å². The topological polar surface area (TPSA) is 61.7 Å². The molecule has 0 amide bonds. The third-order valence-electron chi connectivity index (χ3n) is 6.43. The first kappa shape index (κ1) is 25.8. The molecule has 0 spiro atoms. The van der Waals surface area contributed by atoms with Crippen molar-refractivity contribution in [2.45, 2.75) is 23.9 Å². The summed E-state index contributed by atoms with van der Waals surface area (Å²) in [5.41, 5.74) is -4.62. The summed E-state index contributed by atoms with van der Waals surface area (Å²) >= 11 is 0. The maximum atomic E-state index is 12.8. The Hall–Kier alpha value is -2.32. The number of nitrogens with zero attached hydrogens (tertiary/aromatic N) is 5. The van der Waals surface area contributed by atoms with Gasteiger partial charge in [0.1, 0.15) is 0 Å². The quantitative estimate of drug-likeness (QED) is 0.541. The van der Waals surface area contributed by atoms with Gasteiger partial charge in [0.05, 0.1) is 16.5 Å². The van der Waals surface area contributed by atoms with E-state index in [4.69, 9.17) is 0 Å². The lowest BCUT2D eigenvalue weighted by atomic mass is 10.2. The van der Waals surface area contributed by atoms with Crippen LogP contribution in [0, 0.1) is 6.92 Å². The summed E-state index contributed by atoms with van der Waals surface area (Å²) in [5, 5.41) is 3.17. The molecule has 0 unspecified atom stereocenters. The van der Waals surface area contributed by atoms with Gasteiger partial charge in [0.15, 0.2) is 5.82 Å². The van der Waals surface area contributed by atoms with Crippen molar-refractivity contribution in [1.82, 2.24) is 19.6 Å². The molecule has 4 rings (SSSR count). The molecule has 2 aliphatic rings. The Bertz CT molecular complexity index is 1130. The van der Waals surface area contributed by atoms with Crippen LogP contribution >= 0.6 is 0 Å². The molecule has 0 atom stereocenters. The standard InChI is InChI=1S/C21H25F6N5O2S/c1-15-12-19(28-32(15)17-4-2-16(3-5-17)20(22,23)24)31-10-8-29(9-11-31)6-7-30-13-18(14-30)35(33,34)21(25,26)27/h2-5,12,18H,6-11,13-14H2,1H3. The molecule has 7 nitrogen and oxygen atoms in total. The average Bonchev–Trinajstić information content (AvgIpc) is 3.13. The fourth-order valence-electron chi connectivity index (χ4n) is 4.24. The maximum absolute atomic E-state index is 12.8. The highest BCUT2D eigenvalue weighted by Crippen LogP contribution is 2.32. The second-order valence-corrected chi connectivity index (χ2v) is 11.0. The number of alkyl halides is 6. The summed E-state index contributed by atoms with van der Waals surface area (Å²) in [6.07, 6.45) is -4.40. The van der Waals surface area contributed by atoms with Crippen molar-refractivity contribution >= 4 is 15.7 Å². The number of anilines is 1. The zero-order valence-electron chi connectivity index (χ0n) is 18.8. The van der Waals surface area contributed by atoms with Gasteiger partial charge >= 0.3 is 11.7 Å². The van der Waals surface area contributed by atoms with Crippen LogP contribution in [0.25, 0.3) is 5.69 Å². The Labute approximate surface area is 198 Å². The van der Waals surface area contributed by atoms with Gasteiger partial charge in [0.2, 0.25) is 0 Å². The van der Waals surface area contributed by atoms with Crippen LogP contribution in [0.3, 0.4) is 0 Å². The normalized spacial score (nSPS) is 19.2. The molecule has 2 fully saturated rings. The fourth-order valence-corrected chi connectivity index (χ4v) is 5.43. The molecule has 3 heterocycles. The van der Waals surface area contributed by atoms with Gasteiger partial charge in [0, 0.05) is 64.1 Å². The molecular formula is C21H25F6N5O2S. The number of piperazine rings is 1. The molecular weight excluding hydrogens is 500 g/mol. The van der Waals surface area contributed by atoms with Crippen LogP contribution < -0.4 is 4.90 Å². The van der Waals surface area contributed by atoms with Crippen molar-refractivity contribution in [1.29, 1.82) is 0 Å². The van der Waals surface area contributed by atoms with Crippen LogP contribution in [0.4, 0.5) is 32.2 Å². The predicted molar refractivity (Wildman–Crippen MR) is 117 cm³/mol. The smallest absolute Gasteiger partial charge is 0.353 e. The van der Waals surface area contributed by atoms with E-state index in [1.807, 2.05) is 13.0 Å². The lowest BCUT2D eigenvalue weighted by Crippen LogP contribution is -2.59. The van der Waals surface area contributed by atoms with Crippen LogP contribution in [-0.2, 0) is 16.0 Å². The van der Waals surface area contributed by atoms with Crippen molar-refractivity contribution in [3.63, 3.8) is 0 Å². The summed E-state index contributed by atoms with van der Waals surface area (Å²) in [5.74, 6) is 0.713. The number of aromatic nitrogens is 2. The third-order valence-corrected chi connectivity index (χ3v) is 8.25. The molecule has 2 aromatic rings. The molecule has 14 heteroatoms. The lowest BCUT2D eigenvalue weighted by molar-refractivity contribution is -0.137. The highest BCUT2D eigenvalue weighted by Gasteiger charge is 2.54. The van der Waals surface area contributed by atoms with Gasteiger partial charge < -0.3 is 4.90 Å². The van der Waals surface area contributed by atoms with Crippen LogP contribution in [0.1, 0.15) is 11.3 Å². The number of halogens is 6. The number of sulfone groups is 1. The highest BCUT2D eigenvalue weighted by atomic mass is 32.2. The number of rotatable bonds is 6. The molecule has 0 N–H and O–H groups in total. The lowest BCUT2D eigenvalue weighted by Gasteiger charge is -2.41. The Morgan fingerprint density at radius 1 is 0.914 bits per heavy atom. The number of benzene rings is 1. The molecule has 2 saturated heterocycles. The van der Waals surface area contributed by atoms with Crippen molar-refractivity contribution in [2.75, 3.05) is 57.3 Å². The van der Waals surface area contributed by atoms with Crippen LogP contribution in [0.5, 0.6) is 0 Å². The van der Waals surface area contributed by atoms with E-state index in [1.165, 1.54) is 12.1 Å². The largest absolute Gasteiger partial charge is 0.497 e. The minimum Gasteiger partial charge on any atom is -0.353 e. The molecule has 1 aromatic carbocycles. The van der Waals surface area contributed by atoms with Crippen molar-refractivity contribution in [2.24, 2.45) is 0 Å². The molecule has 1 aromatic heterocycles. The van der Waals surface area contributed by atoms with E-state index in [9.17, 15) is 34.8 Å². The van der Waals surface area contributed by atoms with E-state index in [1.54, 1.807) is 9.58 Å². The van der Waals surface area contributed by atoms with E-state index in [-0.39, 0.29) is 13.1 Å². The molecule has 0 aliphatic carbocycles. The first-order valence-electron chi connectivity index (χ1n) is 11.0. The number of likely N-dealkylation sites (tertiary alicyclic amines) is 1. The number of hydrogen-bond acceptors (Lipinski definition) is 6. The summed E-state index contributed by atoms with van der Waals surface area (Å²) < 4.78 is 101. The van der Waals surface area contributed by atoms with Gasteiger partial charge in [-0.3, -0.25) is 9.80 Å². The minimum absolute atomic E-state index is 0.109. The van der Waals surface area contributed by atoms with E-state index >= 15 is 0 Å². The monoisotopic (exact) mass is 525 g/mol. The van der Waals surface area contributed by atoms with Crippen molar-refractivity contribution in [3.05, 3.63) is 41.6 Å². The third kappa shape index (κ3) is 5.43.